The first kappa shape index (κ1) is 7.75. The van der Waals surface area contributed by atoms with Crippen molar-refractivity contribution in [3.05, 3.63) is 16.6 Å². The lowest BCUT2D eigenvalue weighted by molar-refractivity contribution is 0.295. The van der Waals surface area contributed by atoms with E-state index in [1.807, 2.05) is 11.6 Å². The summed E-state index contributed by atoms with van der Waals surface area (Å²) in [6.45, 7) is 0.150. The first-order valence-corrected chi connectivity index (χ1v) is 3.82. The van der Waals surface area contributed by atoms with Gasteiger partial charge in [-0.15, -0.1) is 0 Å². The van der Waals surface area contributed by atoms with Gasteiger partial charge in [0.15, 0.2) is 0 Å². The Morgan fingerprint density at radius 1 is 1.80 bits per heavy atom. The molecule has 10 heavy (non-hydrogen) atoms. The molecule has 0 unspecified atom stereocenters. The summed E-state index contributed by atoms with van der Waals surface area (Å²) in [4.78, 5) is 4.06. The maximum atomic E-state index is 8.58. The molecule has 3 nitrogen and oxygen atoms in total. The summed E-state index contributed by atoms with van der Waals surface area (Å²) in [7, 11) is 1.90. The number of aromatic nitrogens is 2. The van der Waals surface area contributed by atoms with Crippen LogP contribution in [0.25, 0.3) is 0 Å². The SMILES string of the molecule is Cn1c(Br)cnc1CCO. The molecule has 0 aliphatic heterocycles. The average Bonchev–Trinajstić information content (AvgIpc) is 2.20. The number of aliphatic hydroxyl groups is 1. The standard InChI is InChI=1S/C6H9BrN2O/c1-9-5(7)4-8-6(9)2-3-10/h4,10H,2-3H2,1H3. The predicted molar refractivity (Wildman–Crippen MR) is 41.7 cm³/mol. The number of hydrogen-bond acceptors (Lipinski definition) is 2. The zero-order valence-corrected chi connectivity index (χ0v) is 7.30. The third-order valence-electron chi connectivity index (χ3n) is 1.36. The Morgan fingerprint density at radius 3 is 2.90 bits per heavy atom. The maximum absolute atomic E-state index is 8.58. The van der Waals surface area contributed by atoms with Crippen LogP contribution in [0.2, 0.25) is 0 Å². The van der Waals surface area contributed by atoms with Gasteiger partial charge in [-0.05, 0) is 15.9 Å². The van der Waals surface area contributed by atoms with Gasteiger partial charge in [0.05, 0.1) is 12.8 Å². The Kier molecular flexibility index (Phi) is 2.45. The molecule has 0 aromatic carbocycles. The fraction of sp³-hybridized carbons (Fsp3) is 0.500. The van der Waals surface area contributed by atoms with E-state index in [0.29, 0.717) is 6.42 Å². The number of nitrogens with zero attached hydrogens (tertiary/aromatic N) is 2. The van der Waals surface area contributed by atoms with Crippen LogP contribution >= 0.6 is 15.9 Å². The molecule has 0 aliphatic carbocycles. The van der Waals surface area contributed by atoms with Crippen LogP contribution in [-0.2, 0) is 13.5 Å². The minimum atomic E-state index is 0.150. The first-order chi connectivity index (χ1) is 4.75. The molecule has 56 valence electrons. The van der Waals surface area contributed by atoms with Crippen molar-refractivity contribution in [1.29, 1.82) is 0 Å². The van der Waals surface area contributed by atoms with E-state index in [1.165, 1.54) is 0 Å². The highest BCUT2D eigenvalue weighted by molar-refractivity contribution is 9.10. The largest absolute Gasteiger partial charge is 0.396 e. The summed E-state index contributed by atoms with van der Waals surface area (Å²) in [5, 5.41) is 8.58. The van der Waals surface area contributed by atoms with Gasteiger partial charge in [-0.25, -0.2) is 4.98 Å². The lowest BCUT2D eigenvalue weighted by Gasteiger charge is -1.98. The van der Waals surface area contributed by atoms with Crippen LogP contribution in [0.4, 0.5) is 0 Å². The van der Waals surface area contributed by atoms with Gasteiger partial charge in [0.1, 0.15) is 10.4 Å². The Balaban J connectivity index is 2.83. The number of imidazole rings is 1. The maximum Gasteiger partial charge on any atom is 0.111 e. The molecule has 1 aromatic heterocycles. The van der Waals surface area contributed by atoms with Crippen molar-refractivity contribution in [2.45, 2.75) is 6.42 Å². The molecule has 0 fully saturated rings. The van der Waals surface area contributed by atoms with Crippen LogP contribution in [-0.4, -0.2) is 21.3 Å². The fourth-order valence-corrected chi connectivity index (χ4v) is 1.06. The van der Waals surface area contributed by atoms with Crippen LogP contribution in [0.5, 0.6) is 0 Å². The molecule has 1 heterocycles. The van der Waals surface area contributed by atoms with Crippen molar-refractivity contribution in [3.8, 4) is 0 Å². The summed E-state index contributed by atoms with van der Waals surface area (Å²) < 4.78 is 2.84. The molecule has 0 spiro atoms. The van der Waals surface area contributed by atoms with E-state index in [1.54, 1.807) is 6.20 Å². The molecule has 0 bridgehead atoms. The third kappa shape index (κ3) is 1.38. The highest BCUT2D eigenvalue weighted by Gasteiger charge is 2.01. The smallest absolute Gasteiger partial charge is 0.111 e. The van der Waals surface area contributed by atoms with Gasteiger partial charge in [0.25, 0.3) is 0 Å². The van der Waals surface area contributed by atoms with Gasteiger partial charge in [0.2, 0.25) is 0 Å². The Morgan fingerprint density at radius 2 is 2.50 bits per heavy atom. The molecular weight excluding hydrogens is 196 g/mol. The quantitative estimate of drug-likeness (QED) is 0.772. The van der Waals surface area contributed by atoms with Crippen molar-refractivity contribution in [1.82, 2.24) is 9.55 Å². The summed E-state index contributed by atoms with van der Waals surface area (Å²) in [5.74, 6) is 0.898. The zero-order chi connectivity index (χ0) is 7.56. The highest BCUT2D eigenvalue weighted by Crippen LogP contribution is 2.09. The molecular formula is C6H9BrN2O. The summed E-state index contributed by atoms with van der Waals surface area (Å²) in [5.41, 5.74) is 0. The van der Waals surface area contributed by atoms with E-state index in [9.17, 15) is 0 Å². The second kappa shape index (κ2) is 3.16. The minimum Gasteiger partial charge on any atom is -0.396 e. The van der Waals surface area contributed by atoms with Gasteiger partial charge >= 0.3 is 0 Å². The molecule has 1 N–H and O–H groups in total. The van der Waals surface area contributed by atoms with Gasteiger partial charge in [-0.1, -0.05) is 0 Å². The van der Waals surface area contributed by atoms with Gasteiger partial charge in [-0.2, -0.15) is 0 Å². The lowest BCUT2D eigenvalue weighted by atomic mass is 10.4. The summed E-state index contributed by atoms with van der Waals surface area (Å²) >= 11 is 3.30. The molecule has 1 aromatic rings. The van der Waals surface area contributed by atoms with Crippen LogP contribution in [0, 0.1) is 0 Å². The van der Waals surface area contributed by atoms with Crippen molar-refractivity contribution in [2.24, 2.45) is 7.05 Å². The van der Waals surface area contributed by atoms with Gasteiger partial charge < -0.3 is 9.67 Å². The third-order valence-corrected chi connectivity index (χ3v) is 2.10. The fourth-order valence-electron chi connectivity index (χ4n) is 0.757. The molecule has 0 saturated carbocycles. The van der Waals surface area contributed by atoms with E-state index >= 15 is 0 Å². The van der Waals surface area contributed by atoms with Crippen LogP contribution in [0.15, 0.2) is 10.8 Å². The molecule has 0 atom stereocenters. The molecule has 4 heteroatoms. The van der Waals surface area contributed by atoms with Gasteiger partial charge in [-0.3, -0.25) is 0 Å². The second-order valence-corrected chi connectivity index (χ2v) is 2.84. The zero-order valence-electron chi connectivity index (χ0n) is 5.71. The molecule has 0 aliphatic rings. The minimum absolute atomic E-state index is 0.150. The molecule has 0 amide bonds. The molecule has 1 rings (SSSR count). The van der Waals surface area contributed by atoms with E-state index < -0.39 is 0 Å². The monoisotopic (exact) mass is 204 g/mol. The number of aliphatic hydroxyl groups excluding tert-OH is 1. The summed E-state index contributed by atoms with van der Waals surface area (Å²) in [6.07, 6.45) is 2.34. The highest BCUT2D eigenvalue weighted by atomic mass is 79.9. The van der Waals surface area contributed by atoms with Crippen molar-refractivity contribution in [2.75, 3.05) is 6.61 Å². The number of halogens is 1. The Bertz CT molecular complexity index is 222. The predicted octanol–water partition coefficient (Wildman–Crippen LogP) is 0.717. The van der Waals surface area contributed by atoms with E-state index in [2.05, 4.69) is 20.9 Å². The normalized spacial score (nSPS) is 10.3. The topological polar surface area (TPSA) is 38.0 Å². The van der Waals surface area contributed by atoms with Gasteiger partial charge in [0, 0.05) is 13.5 Å². The first-order valence-electron chi connectivity index (χ1n) is 3.02. The van der Waals surface area contributed by atoms with Crippen LogP contribution < -0.4 is 0 Å². The van der Waals surface area contributed by atoms with E-state index in [-0.39, 0.29) is 6.61 Å². The van der Waals surface area contributed by atoms with Crippen molar-refractivity contribution >= 4 is 15.9 Å². The van der Waals surface area contributed by atoms with Crippen molar-refractivity contribution in [3.63, 3.8) is 0 Å². The summed E-state index contributed by atoms with van der Waals surface area (Å²) in [6, 6.07) is 0. The van der Waals surface area contributed by atoms with Crippen LogP contribution in [0.1, 0.15) is 5.82 Å². The van der Waals surface area contributed by atoms with E-state index in [4.69, 9.17) is 5.11 Å². The number of rotatable bonds is 2. The Labute approximate surface area is 67.8 Å². The lowest BCUT2D eigenvalue weighted by Crippen LogP contribution is -2.00. The number of hydrogen-bond donors (Lipinski definition) is 1. The van der Waals surface area contributed by atoms with Crippen molar-refractivity contribution < 1.29 is 5.11 Å². The Hall–Kier alpha value is -0.350. The second-order valence-electron chi connectivity index (χ2n) is 2.03. The van der Waals surface area contributed by atoms with Crippen LogP contribution in [0.3, 0.4) is 0 Å². The molecule has 0 radical (unpaired) electrons. The van der Waals surface area contributed by atoms with E-state index in [0.717, 1.165) is 10.4 Å². The molecule has 0 saturated heterocycles. The average molecular weight is 205 g/mol.